The lowest BCUT2D eigenvalue weighted by atomic mass is 9.96. The van der Waals surface area contributed by atoms with E-state index in [4.69, 9.17) is 4.52 Å². The molecule has 3 rings (SSSR count). The maximum Gasteiger partial charge on any atom is 0.273 e. The normalized spacial score (nSPS) is 16.0. The third-order valence-corrected chi connectivity index (χ3v) is 4.00. The van der Waals surface area contributed by atoms with Crippen LogP contribution in [0.5, 0.6) is 0 Å². The number of aromatic nitrogens is 4. The zero-order chi connectivity index (χ0) is 16.4. The number of piperidine rings is 1. The SMILES string of the molecule is CC(C)c1noc(C2CCN(C(=O)c3c[nH]c(=O)cn3)CC2)n1. The predicted molar refractivity (Wildman–Crippen MR) is 81.1 cm³/mol. The van der Waals surface area contributed by atoms with Gasteiger partial charge in [-0.1, -0.05) is 19.0 Å². The van der Waals surface area contributed by atoms with E-state index in [1.165, 1.54) is 6.20 Å². The topological polar surface area (TPSA) is 105 Å². The minimum absolute atomic E-state index is 0.173. The molecule has 1 N–H and O–H groups in total. The van der Waals surface area contributed by atoms with E-state index in [2.05, 4.69) is 20.1 Å². The summed E-state index contributed by atoms with van der Waals surface area (Å²) in [6.45, 7) is 5.24. The summed E-state index contributed by atoms with van der Waals surface area (Å²) in [6, 6.07) is 0. The minimum atomic E-state index is -0.322. The van der Waals surface area contributed by atoms with Crippen molar-refractivity contribution in [3.05, 3.63) is 40.2 Å². The number of rotatable bonds is 3. The molecule has 1 saturated heterocycles. The van der Waals surface area contributed by atoms with Crippen LogP contribution in [0.3, 0.4) is 0 Å². The molecular formula is C15H19N5O3. The molecule has 23 heavy (non-hydrogen) atoms. The summed E-state index contributed by atoms with van der Waals surface area (Å²) in [5, 5.41) is 3.99. The molecule has 122 valence electrons. The molecule has 1 aliphatic rings. The number of H-pyrrole nitrogens is 1. The maximum atomic E-state index is 12.3. The summed E-state index contributed by atoms with van der Waals surface area (Å²) in [4.78, 5) is 35.9. The van der Waals surface area contributed by atoms with Gasteiger partial charge < -0.3 is 14.4 Å². The average molecular weight is 317 g/mol. The van der Waals surface area contributed by atoms with Crippen LogP contribution < -0.4 is 5.56 Å². The summed E-state index contributed by atoms with van der Waals surface area (Å²) in [5.74, 6) is 1.62. The monoisotopic (exact) mass is 317 g/mol. The predicted octanol–water partition coefficient (Wildman–Crippen LogP) is 1.30. The Kier molecular flexibility index (Phi) is 4.22. The van der Waals surface area contributed by atoms with Crippen LogP contribution in [0.15, 0.2) is 21.7 Å². The summed E-state index contributed by atoms with van der Waals surface area (Å²) in [6.07, 6.45) is 4.01. The Bertz CT molecular complexity index is 723. The quantitative estimate of drug-likeness (QED) is 0.914. The van der Waals surface area contributed by atoms with Crippen molar-refractivity contribution in [3.63, 3.8) is 0 Å². The first-order chi connectivity index (χ1) is 11.0. The van der Waals surface area contributed by atoms with E-state index >= 15 is 0 Å². The van der Waals surface area contributed by atoms with Crippen molar-refractivity contribution in [3.8, 4) is 0 Å². The molecule has 0 aromatic carbocycles. The van der Waals surface area contributed by atoms with Gasteiger partial charge in [0.15, 0.2) is 5.82 Å². The van der Waals surface area contributed by atoms with Gasteiger partial charge >= 0.3 is 0 Å². The lowest BCUT2D eigenvalue weighted by Gasteiger charge is -2.30. The molecule has 0 saturated carbocycles. The number of carbonyl (C=O) groups excluding carboxylic acids is 1. The average Bonchev–Trinajstić information content (AvgIpc) is 3.05. The molecule has 1 aliphatic heterocycles. The van der Waals surface area contributed by atoms with E-state index in [0.717, 1.165) is 24.9 Å². The molecule has 3 heterocycles. The minimum Gasteiger partial charge on any atom is -0.339 e. The second-order valence-corrected chi connectivity index (χ2v) is 6.01. The molecule has 0 aliphatic carbocycles. The van der Waals surface area contributed by atoms with Crippen LogP contribution in [0.4, 0.5) is 0 Å². The molecule has 0 atom stereocenters. The zero-order valence-electron chi connectivity index (χ0n) is 13.2. The number of carbonyl (C=O) groups is 1. The highest BCUT2D eigenvalue weighted by atomic mass is 16.5. The third kappa shape index (κ3) is 3.30. The molecule has 1 fully saturated rings. The first-order valence-corrected chi connectivity index (χ1v) is 7.72. The van der Waals surface area contributed by atoms with E-state index in [1.54, 1.807) is 4.90 Å². The molecule has 8 nitrogen and oxygen atoms in total. The van der Waals surface area contributed by atoms with E-state index < -0.39 is 0 Å². The number of nitrogens with zero attached hydrogens (tertiary/aromatic N) is 4. The summed E-state index contributed by atoms with van der Waals surface area (Å²) < 4.78 is 5.34. The third-order valence-electron chi connectivity index (χ3n) is 4.00. The van der Waals surface area contributed by atoms with Gasteiger partial charge in [-0.05, 0) is 12.8 Å². The van der Waals surface area contributed by atoms with Gasteiger partial charge in [-0.3, -0.25) is 9.59 Å². The Morgan fingerprint density at radius 1 is 1.39 bits per heavy atom. The highest BCUT2D eigenvalue weighted by Gasteiger charge is 2.28. The highest BCUT2D eigenvalue weighted by molar-refractivity contribution is 5.92. The van der Waals surface area contributed by atoms with Crippen LogP contribution in [0.25, 0.3) is 0 Å². The van der Waals surface area contributed by atoms with Crippen molar-refractivity contribution in [2.45, 2.75) is 38.5 Å². The van der Waals surface area contributed by atoms with Crippen LogP contribution in [-0.2, 0) is 0 Å². The van der Waals surface area contributed by atoms with Crippen molar-refractivity contribution in [2.75, 3.05) is 13.1 Å². The van der Waals surface area contributed by atoms with Crippen LogP contribution in [-0.4, -0.2) is 44.0 Å². The lowest BCUT2D eigenvalue weighted by molar-refractivity contribution is 0.0698. The number of nitrogens with one attached hydrogen (secondary N) is 1. The fourth-order valence-electron chi connectivity index (χ4n) is 2.60. The van der Waals surface area contributed by atoms with Gasteiger partial charge in [-0.2, -0.15) is 4.98 Å². The molecule has 2 aromatic heterocycles. The maximum absolute atomic E-state index is 12.3. The van der Waals surface area contributed by atoms with Crippen molar-refractivity contribution in [2.24, 2.45) is 0 Å². The van der Waals surface area contributed by atoms with Crippen molar-refractivity contribution in [1.82, 2.24) is 25.0 Å². The number of hydrogen-bond acceptors (Lipinski definition) is 6. The van der Waals surface area contributed by atoms with E-state index in [9.17, 15) is 9.59 Å². The summed E-state index contributed by atoms with van der Waals surface area (Å²) in [5.41, 5.74) is -0.0689. The van der Waals surface area contributed by atoms with Gasteiger partial charge in [0, 0.05) is 31.1 Å². The van der Waals surface area contributed by atoms with E-state index in [-0.39, 0.29) is 29.0 Å². The number of likely N-dealkylation sites (tertiary alicyclic amines) is 1. The Morgan fingerprint density at radius 2 is 2.13 bits per heavy atom. The van der Waals surface area contributed by atoms with Gasteiger partial charge in [0.1, 0.15) is 5.69 Å². The Hall–Kier alpha value is -2.51. The highest BCUT2D eigenvalue weighted by Crippen LogP contribution is 2.28. The zero-order valence-corrected chi connectivity index (χ0v) is 13.2. The first kappa shape index (κ1) is 15.4. The van der Waals surface area contributed by atoms with Crippen LogP contribution in [0, 0.1) is 0 Å². The molecule has 0 radical (unpaired) electrons. The van der Waals surface area contributed by atoms with Crippen molar-refractivity contribution >= 4 is 5.91 Å². The number of amides is 1. The lowest BCUT2D eigenvalue weighted by Crippen LogP contribution is -2.38. The fraction of sp³-hybridized carbons (Fsp3) is 0.533. The standard InChI is InChI=1S/C15H19N5O3/c1-9(2)13-18-14(23-19-13)10-3-5-20(6-4-10)15(22)11-7-17-12(21)8-16-11/h7-10H,3-6H2,1-2H3,(H,17,21). The number of hydrogen-bond donors (Lipinski definition) is 1. The molecule has 1 amide bonds. The number of aromatic amines is 1. The smallest absolute Gasteiger partial charge is 0.273 e. The van der Waals surface area contributed by atoms with Crippen LogP contribution in [0.2, 0.25) is 0 Å². The molecular weight excluding hydrogens is 298 g/mol. The second-order valence-electron chi connectivity index (χ2n) is 6.01. The first-order valence-electron chi connectivity index (χ1n) is 7.72. The Balaban J connectivity index is 1.62. The van der Waals surface area contributed by atoms with Crippen LogP contribution in [0.1, 0.15) is 60.7 Å². The summed E-state index contributed by atoms with van der Waals surface area (Å²) in [7, 11) is 0. The molecule has 8 heteroatoms. The van der Waals surface area contributed by atoms with Gasteiger partial charge in [-0.15, -0.1) is 0 Å². The van der Waals surface area contributed by atoms with E-state index in [0.29, 0.717) is 19.0 Å². The van der Waals surface area contributed by atoms with Crippen LogP contribution >= 0.6 is 0 Å². The molecule has 0 spiro atoms. The van der Waals surface area contributed by atoms with Crippen molar-refractivity contribution in [1.29, 1.82) is 0 Å². The fourth-order valence-corrected chi connectivity index (χ4v) is 2.60. The molecule has 0 bridgehead atoms. The second kappa shape index (κ2) is 6.31. The van der Waals surface area contributed by atoms with Gasteiger partial charge in [0.05, 0.1) is 6.20 Å². The molecule has 2 aromatic rings. The van der Waals surface area contributed by atoms with Crippen molar-refractivity contribution < 1.29 is 9.32 Å². The molecule has 0 unspecified atom stereocenters. The summed E-state index contributed by atoms with van der Waals surface area (Å²) >= 11 is 0. The Morgan fingerprint density at radius 3 is 2.70 bits per heavy atom. The Labute approximate surface area is 132 Å². The van der Waals surface area contributed by atoms with E-state index in [1.807, 2.05) is 13.8 Å². The largest absolute Gasteiger partial charge is 0.339 e. The van der Waals surface area contributed by atoms with Gasteiger partial charge in [0.2, 0.25) is 5.89 Å². The van der Waals surface area contributed by atoms with Gasteiger partial charge in [0.25, 0.3) is 11.5 Å². The van der Waals surface area contributed by atoms with Gasteiger partial charge in [-0.25, -0.2) is 4.98 Å².